The van der Waals surface area contributed by atoms with Gasteiger partial charge in [-0.25, -0.2) is 0 Å². The molecule has 9 heteroatoms. The van der Waals surface area contributed by atoms with Crippen LogP contribution in [0.2, 0.25) is 0 Å². The molecule has 0 rings (SSSR count). The normalized spacial score (nSPS) is 14.3. The summed E-state index contributed by atoms with van der Waals surface area (Å²) in [5, 5.41) is 0. The fourth-order valence-corrected chi connectivity index (χ4v) is 1.88. The van der Waals surface area contributed by atoms with Crippen LogP contribution < -0.4 is 0 Å². The quantitative estimate of drug-likeness (QED) is 0.260. The summed E-state index contributed by atoms with van der Waals surface area (Å²) in [6, 6.07) is 0. The van der Waals surface area contributed by atoms with Crippen molar-refractivity contribution in [3.05, 3.63) is 0 Å². The van der Waals surface area contributed by atoms with Gasteiger partial charge in [0.05, 0.1) is 23.7 Å². The van der Waals surface area contributed by atoms with Gasteiger partial charge in [-0.05, 0) is 0 Å². The monoisotopic (exact) mass is 430 g/mol. The molecular formula is C21H34O9. The molecule has 0 heterocycles. The Labute approximate surface area is 177 Å². The van der Waals surface area contributed by atoms with Gasteiger partial charge in [0.15, 0.2) is 24.6 Å². The maximum Gasteiger partial charge on any atom is 0.309 e. The van der Waals surface area contributed by atoms with Gasteiger partial charge in [0.1, 0.15) is 6.61 Å². The second-order valence-corrected chi connectivity index (χ2v) is 8.16. The van der Waals surface area contributed by atoms with Gasteiger partial charge in [0, 0.05) is 0 Å². The summed E-state index contributed by atoms with van der Waals surface area (Å²) >= 11 is 0. The van der Waals surface area contributed by atoms with Crippen LogP contribution in [0.5, 0.6) is 0 Å². The van der Waals surface area contributed by atoms with Gasteiger partial charge in [-0.1, -0.05) is 55.4 Å². The van der Waals surface area contributed by atoms with Crippen LogP contribution in [0.1, 0.15) is 55.4 Å². The van der Waals surface area contributed by atoms with E-state index in [1.165, 1.54) is 0 Å². The third kappa shape index (κ3) is 9.37. The molecule has 0 aliphatic carbocycles. The Morgan fingerprint density at radius 2 is 1.03 bits per heavy atom. The van der Waals surface area contributed by atoms with Crippen LogP contribution in [-0.4, -0.2) is 55.1 Å². The van der Waals surface area contributed by atoms with Crippen molar-refractivity contribution in [1.29, 1.82) is 0 Å². The molecule has 0 amide bonds. The van der Waals surface area contributed by atoms with Crippen LogP contribution in [0.4, 0.5) is 0 Å². The second-order valence-electron chi connectivity index (χ2n) is 8.16. The number of carbonyl (C=O) groups is 5. The number of rotatable bonds is 12. The molecular weight excluding hydrogens is 396 g/mol. The van der Waals surface area contributed by atoms with E-state index in [9.17, 15) is 24.0 Å². The highest BCUT2D eigenvalue weighted by atomic mass is 16.6. The average molecular weight is 430 g/mol. The Morgan fingerprint density at radius 1 is 0.633 bits per heavy atom. The lowest BCUT2D eigenvalue weighted by molar-refractivity contribution is -0.194. The second kappa shape index (κ2) is 13.0. The summed E-state index contributed by atoms with van der Waals surface area (Å²) in [6.07, 6.45) is -4.09. The van der Waals surface area contributed by atoms with E-state index in [0.29, 0.717) is 6.29 Å². The smallest absolute Gasteiger partial charge is 0.309 e. The van der Waals surface area contributed by atoms with Crippen LogP contribution in [0.25, 0.3) is 0 Å². The van der Waals surface area contributed by atoms with Gasteiger partial charge in [0.2, 0.25) is 0 Å². The number of carbonyl (C=O) groups excluding carboxylic acids is 5. The molecule has 9 nitrogen and oxygen atoms in total. The molecule has 0 saturated carbocycles. The van der Waals surface area contributed by atoms with E-state index in [1.54, 1.807) is 55.4 Å². The van der Waals surface area contributed by atoms with Crippen molar-refractivity contribution in [3.8, 4) is 0 Å². The minimum absolute atomic E-state index is 0.291. The molecule has 0 spiro atoms. The van der Waals surface area contributed by atoms with Crippen molar-refractivity contribution in [3.63, 3.8) is 0 Å². The molecule has 30 heavy (non-hydrogen) atoms. The van der Waals surface area contributed by atoms with E-state index >= 15 is 0 Å². The van der Waals surface area contributed by atoms with Crippen molar-refractivity contribution in [1.82, 2.24) is 0 Å². The van der Waals surface area contributed by atoms with Gasteiger partial charge in [0.25, 0.3) is 0 Å². The van der Waals surface area contributed by atoms with Crippen LogP contribution in [0.15, 0.2) is 0 Å². The van der Waals surface area contributed by atoms with Crippen molar-refractivity contribution in [2.45, 2.75) is 73.7 Å². The zero-order valence-electron chi connectivity index (χ0n) is 19.0. The van der Waals surface area contributed by atoms with Gasteiger partial charge >= 0.3 is 23.9 Å². The highest BCUT2D eigenvalue weighted by Crippen LogP contribution is 2.18. The molecule has 0 N–H and O–H groups in total. The lowest BCUT2D eigenvalue weighted by atomic mass is 10.1. The molecule has 0 aliphatic heterocycles. The van der Waals surface area contributed by atoms with E-state index in [1.807, 2.05) is 0 Å². The summed E-state index contributed by atoms with van der Waals surface area (Å²) in [6.45, 7) is 12.2. The number of aldehydes is 1. The van der Waals surface area contributed by atoms with Gasteiger partial charge < -0.3 is 18.9 Å². The number of esters is 4. The van der Waals surface area contributed by atoms with E-state index in [4.69, 9.17) is 18.9 Å². The van der Waals surface area contributed by atoms with Crippen LogP contribution >= 0.6 is 0 Å². The zero-order valence-corrected chi connectivity index (χ0v) is 19.0. The highest BCUT2D eigenvalue weighted by Gasteiger charge is 2.40. The van der Waals surface area contributed by atoms with Crippen LogP contribution in [-0.2, 0) is 42.9 Å². The zero-order chi connectivity index (χ0) is 23.6. The fourth-order valence-electron chi connectivity index (χ4n) is 1.88. The van der Waals surface area contributed by atoms with E-state index in [2.05, 4.69) is 0 Å². The Hall–Kier alpha value is -2.45. The largest absolute Gasteiger partial charge is 0.461 e. The summed E-state index contributed by atoms with van der Waals surface area (Å²) in [5.74, 6) is -4.75. The lowest BCUT2D eigenvalue weighted by Crippen LogP contribution is -2.49. The summed E-state index contributed by atoms with van der Waals surface area (Å²) < 4.78 is 21.0. The van der Waals surface area contributed by atoms with E-state index in [0.717, 1.165) is 0 Å². The number of ether oxygens (including phenoxy) is 4. The topological polar surface area (TPSA) is 122 Å². The third-order valence-electron chi connectivity index (χ3n) is 3.87. The Bertz CT molecular complexity index is 608. The Balaban J connectivity index is 5.95. The van der Waals surface area contributed by atoms with E-state index in [-0.39, 0.29) is 0 Å². The van der Waals surface area contributed by atoms with Gasteiger partial charge in [-0.15, -0.1) is 0 Å². The molecule has 0 fully saturated rings. The Kier molecular flexibility index (Phi) is 11.9. The predicted molar refractivity (Wildman–Crippen MR) is 106 cm³/mol. The first-order valence-corrected chi connectivity index (χ1v) is 10.0. The van der Waals surface area contributed by atoms with Crippen molar-refractivity contribution < 1.29 is 42.9 Å². The van der Waals surface area contributed by atoms with Gasteiger partial charge in [-0.2, -0.15) is 0 Å². The van der Waals surface area contributed by atoms with Crippen molar-refractivity contribution in [2.75, 3.05) is 6.61 Å². The lowest BCUT2D eigenvalue weighted by Gasteiger charge is -2.31. The third-order valence-corrected chi connectivity index (χ3v) is 3.87. The summed E-state index contributed by atoms with van der Waals surface area (Å²) in [5.41, 5.74) is 0. The first-order valence-electron chi connectivity index (χ1n) is 10.0. The molecule has 0 radical (unpaired) electrons. The first-order chi connectivity index (χ1) is 13.8. The number of hydrogen-bond donors (Lipinski definition) is 0. The van der Waals surface area contributed by atoms with Crippen molar-refractivity contribution >= 4 is 30.2 Å². The van der Waals surface area contributed by atoms with Crippen LogP contribution in [0.3, 0.4) is 0 Å². The molecule has 0 bridgehead atoms. The molecule has 0 saturated heterocycles. The van der Waals surface area contributed by atoms with E-state index < -0.39 is 72.5 Å². The maximum atomic E-state index is 12.2. The SMILES string of the molecule is CC(C)C(=O)OC[C@@H](OC(=O)C(C)C)[C@H](OC(=O)C(C)C)[C@H](C=O)OC(=O)C(C)C. The van der Waals surface area contributed by atoms with Gasteiger partial charge in [-0.3, -0.25) is 24.0 Å². The van der Waals surface area contributed by atoms with Crippen molar-refractivity contribution in [2.24, 2.45) is 23.7 Å². The maximum absolute atomic E-state index is 12.2. The Morgan fingerprint density at radius 3 is 1.43 bits per heavy atom. The molecule has 0 aromatic heterocycles. The summed E-state index contributed by atoms with van der Waals surface area (Å²) in [4.78, 5) is 60.1. The molecule has 172 valence electrons. The highest BCUT2D eigenvalue weighted by molar-refractivity contribution is 5.76. The standard InChI is InChI=1S/C21H34O9/c1-11(2)18(23)27-10-16(29-20(25)13(5)6)17(30-21(26)14(7)8)15(9-22)28-19(24)12(3)4/h9,11-17H,10H2,1-8H3/t15-,16+,17+/m0/s1. The predicted octanol–water partition coefficient (Wildman–Crippen LogP) is 2.09. The molecule has 0 aromatic rings. The minimum Gasteiger partial charge on any atom is -0.461 e. The number of hydrogen-bond acceptors (Lipinski definition) is 9. The molecule has 0 aromatic carbocycles. The van der Waals surface area contributed by atoms with Crippen LogP contribution in [0, 0.1) is 23.7 Å². The molecule has 3 atom stereocenters. The summed E-state index contributed by atoms with van der Waals surface area (Å²) in [7, 11) is 0. The minimum atomic E-state index is -1.55. The first kappa shape index (κ1) is 27.5. The fraction of sp³-hybridized carbons (Fsp3) is 0.762. The molecule has 0 unspecified atom stereocenters. The average Bonchev–Trinajstić information content (AvgIpc) is 2.66. The molecule has 0 aliphatic rings.